The second-order valence-corrected chi connectivity index (χ2v) is 6.17. The Hall–Kier alpha value is -1.06. The summed E-state index contributed by atoms with van der Waals surface area (Å²) in [5.41, 5.74) is -0.444. The van der Waals surface area contributed by atoms with E-state index in [1.807, 2.05) is 20.8 Å². The van der Waals surface area contributed by atoms with Gasteiger partial charge in [0.25, 0.3) is 0 Å². The molecule has 0 aliphatic heterocycles. The Morgan fingerprint density at radius 3 is 2.28 bits per heavy atom. The van der Waals surface area contributed by atoms with E-state index in [1.54, 1.807) is 11.9 Å². The fraction of sp³-hybridized carbons (Fsp3) is 0.857. The summed E-state index contributed by atoms with van der Waals surface area (Å²) in [5, 5.41) is 0. The number of amides is 1. The number of carbonyl (C=O) groups is 2. The van der Waals surface area contributed by atoms with Crippen molar-refractivity contribution in [2.75, 3.05) is 7.05 Å². The van der Waals surface area contributed by atoms with Crippen molar-refractivity contribution in [1.82, 2.24) is 4.90 Å². The molecule has 0 bridgehead atoms. The lowest BCUT2D eigenvalue weighted by molar-refractivity contribution is -0.108. The molecule has 0 unspecified atom stereocenters. The first-order valence-electron chi connectivity index (χ1n) is 6.73. The lowest BCUT2D eigenvalue weighted by Crippen LogP contribution is -2.42. The molecule has 1 fully saturated rings. The minimum atomic E-state index is -0.444. The molecule has 1 amide bonds. The van der Waals surface area contributed by atoms with Crippen molar-refractivity contribution < 1.29 is 14.3 Å². The van der Waals surface area contributed by atoms with Crippen LogP contribution in [0.15, 0.2) is 0 Å². The molecule has 0 saturated heterocycles. The predicted octanol–water partition coefficient (Wildman–Crippen LogP) is 3.00. The van der Waals surface area contributed by atoms with Gasteiger partial charge in [-0.2, -0.15) is 0 Å². The van der Waals surface area contributed by atoms with Crippen LogP contribution in [0.25, 0.3) is 0 Å². The van der Waals surface area contributed by atoms with Gasteiger partial charge < -0.3 is 14.4 Å². The predicted molar refractivity (Wildman–Crippen MR) is 70.4 cm³/mol. The minimum absolute atomic E-state index is 0.249. The van der Waals surface area contributed by atoms with Crippen LogP contribution in [-0.4, -0.2) is 36.0 Å². The number of hydrogen-bond acceptors (Lipinski definition) is 3. The molecule has 0 atom stereocenters. The number of hydrogen-bond donors (Lipinski definition) is 0. The average molecular weight is 255 g/mol. The first-order valence-corrected chi connectivity index (χ1v) is 6.73. The van der Waals surface area contributed by atoms with E-state index in [-0.39, 0.29) is 12.1 Å². The van der Waals surface area contributed by atoms with Crippen LogP contribution in [0.3, 0.4) is 0 Å². The van der Waals surface area contributed by atoms with Gasteiger partial charge in [-0.05, 0) is 52.4 Å². The van der Waals surface area contributed by atoms with Crippen LogP contribution in [-0.2, 0) is 9.53 Å². The van der Waals surface area contributed by atoms with Gasteiger partial charge in [0.2, 0.25) is 0 Å². The van der Waals surface area contributed by atoms with Crippen molar-refractivity contribution in [2.24, 2.45) is 5.92 Å². The van der Waals surface area contributed by atoms with Crippen LogP contribution in [0.5, 0.6) is 0 Å². The first kappa shape index (κ1) is 15.0. The Kier molecular flexibility index (Phi) is 5.17. The summed E-state index contributed by atoms with van der Waals surface area (Å²) in [6.45, 7) is 5.62. The fourth-order valence-corrected chi connectivity index (χ4v) is 2.39. The monoisotopic (exact) mass is 255 g/mol. The Morgan fingerprint density at radius 1 is 1.28 bits per heavy atom. The fourth-order valence-electron chi connectivity index (χ4n) is 2.39. The van der Waals surface area contributed by atoms with Crippen LogP contribution in [0.4, 0.5) is 4.79 Å². The molecule has 1 saturated carbocycles. The number of carbonyl (C=O) groups excluding carboxylic acids is 2. The zero-order valence-electron chi connectivity index (χ0n) is 11.9. The normalized spacial score (nSPS) is 24.4. The summed E-state index contributed by atoms with van der Waals surface area (Å²) in [6, 6.07) is 0.253. The second-order valence-electron chi connectivity index (χ2n) is 6.17. The standard InChI is InChI=1S/C14H25NO3/c1-14(2,3)18-13(17)15(4)12-7-5-11(6-8-12)9-10-16/h10-12H,5-9H2,1-4H3/t11-,12-. The molecule has 0 aromatic carbocycles. The number of nitrogens with zero attached hydrogens (tertiary/aromatic N) is 1. The van der Waals surface area contributed by atoms with Crippen LogP contribution in [0, 0.1) is 5.92 Å². The van der Waals surface area contributed by atoms with E-state index < -0.39 is 5.60 Å². The highest BCUT2D eigenvalue weighted by atomic mass is 16.6. The smallest absolute Gasteiger partial charge is 0.410 e. The van der Waals surface area contributed by atoms with Gasteiger partial charge in [-0.25, -0.2) is 4.79 Å². The molecule has 1 rings (SSSR count). The molecular weight excluding hydrogens is 230 g/mol. The van der Waals surface area contributed by atoms with Crippen molar-refractivity contribution in [3.05, 3.63) is 0 Å². The van der Waals surface area contributed by atoms with E-state index in [0.29, 0.717) is 12.3 Å². The van der Waals surface area contributed by atoms with Crippen LogP contribution >= 0.6 is 0 Å². The highest BCUT2D eigenvalue weighted by molar-refractivity contribution is 5.68. The minimum Gasteiger partial charge on any atom is -0.444 e. The van der Waals surface area contributed by atoms with Gasteiger partial charge in [-0.1, -0.05) is 0 Å². The SMILES string of the molecule is CN(C(=O)OC(C)(C)C)[C@H]1CC[C@H](CC=O)CC1. The number of rotatable bonds is 3. The Bertz CT molecular complexity index is 288. The molecule has 18 heavy (non-hydrogen) atoms. The molecule has 0 aromatic rings. The molecule has 4 nitrogen and oxygen atoms in total. The Balaban J connectivity index is 2.42. The third kappa shape index (κ3) is 4.67. The van der Waals surface area contributed by atoms with Gasteiger partial charge in [0.1, 0.15) is 11.9 Å². The molecule has 4 heteroatoms. The maximum Gasteiger partial charge on any atom is 0.410 e. The van der Waals surface area contributed by atoms with Gasteiger partial charge in [0, 0.05) is 19.5 Å². The molecule has 104 valence electrons. The Labute approximate surface area is 110 Å². The van der Waals surface area contributed by atoms with Gasteiger partial charge in [-0.3, -0.25) is 0 Å². The van der Waals surface area contributed by atoms with Crippen LogP contribution in [0.1, 0.15) is 52.9 Å². The van der Waals surface area contributed by atoms with Crippen LogP contribution < -0.4 is 0 Å². The third-order valence-corrected chi connectivity index (χ3v) is 3.48. The summed E-state index contributed by atoms with van der Waals surface area (Å²) >= 11 is 0. The number of aldehydes is 1. The molecule has 0 radical (unpaired) electrons. The summed E-state index contributed by atoms with van der Waals surface area (Å²) in [5.74, 6) is 0.505. The van der Waals surface area contributed by atoms with Crippen molar-refractivity contribution in [1.29, 1.82) is 0 Å². The van der Waals surface area contributed by atoms with E-state index in [2.05, 4.69) is 0 Å². The first-order chi connectivity index (χ1) is 8.33. The lowest BCUT2D eigenvalue weighted by atomic mass is 9.84. The number of ether oxygens (including phenoxy) is 1. The zero-order chi connectivity index (χ0) is 13.8. The van der Waals surface area contributed by atoms with Gasteiger partial charge in [0.15, 0.2) is 0 Å². The van der Waals surface area contributed by atoms with E-state index >= 15 is 0 Å². The molecule has 0 heterocycles. The van der Waals surface area contributed by atoms with Crippen molar-refractivity contribution >= 4 is 12.4 Å². The largest absolute Gasteiger partial charge is 0.444 e. The van der Waals surface area contributed by atoms with Gasteiger partial charge in [0.05, 0.1) is 0 Å². The Morgan fingerprint density at radius 2 is 1.83 bits per heavy atom. The molecule has 0 spiro atoms. The highest BCUT2D eigenvalue weighted by Crippen LogP contribution is 2.29. The molecule has 0 N–H and O–H groups in total. The summed E-state index contributed by atoms with van der Waals surface area (Å²) < 4.78 is 5.36. The van der Waals surface area contributed by atoms with Gasteiger partial charge in [-0.15, -0.1) is 0 Å². The van der Waals surface area contributed by atoms with E-state index in [4.69, 9.17) is 4.74 Å². The summed E-state index contributed by atoms with van der Waals surface area (Å²) in [4.78, 5) is 24.1. The highest BCUT2D eigenvalue weighted by Gasteiger charge is 2.28. The zero-order valence-corrected chi connectivity index (χ0v) is 11.9. The molecule has 0 aromatic heterocycles. The van der Waals surface area contributed by atoms with Crippen molar-refractivity contribution in [3.8, 4) is 0 Å². The maximum atomic E-state index is 11.9. The maximum absolute atomic E-state index is 11.9. The molecule has 1 aliphatic rings. The topological polar surface area (TPSA) is 46.6 Å². The van der Waals surface area contributed by atoms with E-state index in [1.165, 1.54) is 0 Å². The molecular formula is C14H25NO3. The summed E-state index contributed by atoms with van der Waals surface area (Å²) in [7, 11) is 1.80. The third-order valence-electron chi connectivity index (χ3n) is 3.48. The second kappa shape index (κ2) is 6.21. The average Bonchev–Trinajstić information content (AvgIpc) is 2.27. The van der Waals surface area contributed by atoms with E-state index in [0.717, 1.165) is 32.0 Å². The lowest BCUT2D eigenvalue weighted by Gasteiger charge is -2.35. The van der Waals surface area contributed by atoms with E-state index in [9.17, 15) is 9.59 Å². The molecule has 1 aliphatic carbocycles. The van der Waals surface area contributed by atoms with Crippen LogP contribution in [0.2, 0.25) is 0 Å². The van der Waals surface area contributed by atoms with Crippen molar-refractivity contribution in [2.45, 2.75) is 64.5 Å². The quantitative estimate of drug-likeness (QED) is 0.728. The van der Waals surface area contributed by atoms with Gasteiger partial charge >= 0.3 is 6.09 Å². The summed E-state index contributed by atoms with van der Waals surface area (Å²) in [6.07, 6.45) is 5.39. The van der Waals surface area contributed by atoms with Crippen molar-refractivity contribution in [3.63, 3.8) is 0 Å².